The smallest absolute Gasteiger partial charge is 0.243 e. The van der Waals surface area contributed by atoms with E-state index in [1.165, 1.54) is 6.92 Å². The highest BCUT2D eigenvalue weighted by Gasteiger charge is 2.30. The summed E-state index contributed by atoms with van der Waals surface area (Å²) in [7, 11) is -3.94. The van der Waals surface area contributed by atoms with Crippen LogP contribution in [0.5, 0.6) is 5.75 Å². The molecule has 9 heteroatoms. The molecule has 158 valence electrons. The maximum absolute atomic E-state index is 13.6. The Morgan fingerprint density at radius 1 is 1.14 bits per heavy atom. The third-order valence-electron chi connectivity index (χ3n) is 4.22. The first-order chi connectivity index (χ1) is 13.5. The van der Waals surface area contributed by atoms with Crippen molar-refractivity contribution in [3.8, 4) is 5.75 Å². The molecule has 0 aliphatic heterocycles. The lowest BCUT2D eigenvalue weighted by atomic mass is 10.2. The number of benzene rings is 2. The Balaban J connectivity index is 2.10. The van der Waals surface area contributed by atoms with E-state index < -0.39 is 39.6 Å². The van der Waals surface area contributed by atoms with Crippen LogP contribution < -0.4 is 14.4 Å². The molecule has 0 spiro atoms. The molecule has 1 N–H and O–H groups in total. The second-order valence-electron chi connectivity index (χ2n) is 6.82. The average Bonchev–Trinajstić information content (AvgIpc) is 2.63. The van der Waals surface area contributed by atoms with Crippen LogP contribution in [0.25, 0.3) is 0 Å². The van der Waals surface area contributed by atoms with Crippen LogP contribution in [-0.4, -0.2) is 39.3 Å². The van der Waals surface area contributed by atoms with Gasteiger partial charge in [0.15, 0.2) is 11.6 Å². The van der Waals surface area contributed by atoms with Gasteiger partial charge < -0.3 is 10.1 Å². The van der Waals surface area contributed by atoms with Crippen LogP contribution in [0.3, 0.4) is 0 Å². The Labute approximate surface area is 169 Å². The third-order valence-corrected chi connectivity index (χ3v) is 5.46. The van der Waals surface area contributed by atoms with Gasteiger partial charge in [-0.2, -0.15) is 0 Å². The molecule has 0 unspecified atom stereocenters. The van der Waals surface area contributed by atoms with Crippen molar-refractivity contribution in [2.45, 2.75) is 32.9 Å². The number of hydrogen-bond donors (Lipinski definition) is 1. The zero-order valence-corrected chi connectivity index (χ0v) is 17.5. The molecule has 0 saturated heterocycles. The lowest BCUT2D eigenvalue weighted by Gasteiger charge is -2.29. The molecule has 1 amide bonds. The van der Waals surface area contributed by atoms with E-state index in [-0.39, 0.29) is 12.3 Å². The number of sulfonamides is 1. The van der Waals surface area contributed by atoms with Gasteiger partial charge in [0.25, 0.3) is 0 Å². The van der Waals surface area contributed by atoms with Crippen molar-refractivity contribution in [1.82, 2.24) is 5.32 Å². The van der Waals surface area contributed by atoms with Crippen molar-refractivity contribution in [3.05, 3.63) is 59.7 Å². The van der Waals surface area contributed by atoms with Crippen LogP contribution in [0.4, 0.5) is 14.5 Å². The molecule has 2 aromatic rings. The first kappa shape index (κ1) is 22.6. The van der Waals surface area contributed by atoms with Crippen LogP contribution >= 0.6 is 0 Å². The van der Waals surface area contributed by atoms with E-state index in [2.05, 4.69) is 5.32 Å². The van der Waals surface area contributed by atoms with Crippen molar-refractivity contribution in [3.63, 3.8) is 0 Å². The molecule has 2 aromatic carbocycles. The molecule has 0 aromatic heterocycles. The molecule has 0 saturated carbocycles. The maximum Gasteiger partial charge on any atom is 0.243 e. The fourth-order valence-electron chi connectivity index (χ4n) is 2.77. The number of rotatable bonds is 8. The highest BCUT2D eigenvalue weighted by Crippen LogP contribution is 2.23. The first-order valence-corrected chi connectivity index (χ1v) is 10.8. The van der Waals surface area contributed by atoms with Gasteiger partial charge in [-0.1, -0.05) is 18.2 Å². The van der Waals surface area contributed by atoms with E-state index in [0.29, 0.717) is 5.75 Å². The number of nitrogens with one attached hydrogen (secondary N) is 1. The van der Waals surface area contributed by atoms with Gasteiger partial charge in [-0.15, -0.1) is 0 Å². The summed E-state index contributed by atoms with van der Waals surface area (Å²) in [5, 5.41) is 2.68. The van der Waals surface area contributed by atoms with E-state index >= 15 is 0 Å². The average molecular weight is 426 g/mol. The zero-order chi connectivity index (χ0) is 21.8. The number of carbonyl (C=O) groups is 1. The molecule has 2 rings (SSSR count). The van der Waals surface area contributed by atoms with Crippen LogP contribution in [0.15, 0.2) is 42.5 Å². The topological polar surface area (TPSA) is 75.7 Å². The summed E-state index contributed by atoms with van der Waals surface area (Å²) >= 11 is 0. The molecule has 0 aliphatic rings. The predicted molar refractivity (Wildman–Crippen MR) is 107 cm³/mol. The Hall–Kier alpha value is -2.68. The van der Waals surface area contributed by atoms with Crippen molar-refractivity contribution < 1.29 is 26.7 Å². The predicted octanol–water partition coefficient (Wildman–Crippen LogP) is 3.01. The van der Waals surface area contributed by atoms with E-state index in [1.54, 1.807) is 13.0 Å². The molecular weight excluding hydrogens is 402 g/mol. The third kappa shape index (κ3) is 5.90. The molecule has 0 aliphatic carbocycles. The number of amides is 1. The van der Waals surface area contributed by atoms with Crippen LogP contribution in [0.1, 0.15) is 19.4 Å². The lowest BCUT2D eigenvalue weighted by Crippen LogP contribution is -2.50. The van der Waals surface area contributed by atoms with E-state index in [4.69, 9.17) is 4.74 Å². The summed E-state index contributed by atoms with van der Waals surface area (Å²) in [5.74, 6) is -2.23. The Morgan fingerprint density at radius 2 is 1.79 bits per heavy atom. The maximum atomic E-state index is 13.6. The lowest BCUT2D eigenvalue weighted by molar-refractivity contribution is -0.122. The van der Waals surface area contributed by atoms with Crippen molar-refractivity contribution >= 4 is 21.6 Å². The quantitative estimate of drug-likeness (QED) is 0.704. The molecular formula is C20H24F2N2O4S. The van der Waals surface area contributed by atoms with Gasteiger partial charge >= 0.3 is 0 Å². The van der Waals surface area contributed by atoms with Crippen LogP contribution in [-0.2, 0) is 14.8 Å². The van der Waals surface area contributed by atoms with Crippen molar-refractivity contribution in [2.24, 2.45) is 0 Å². The highest BCUT2D eigenvalue weighted by atomic mass is 32.2. The number of anilines is 1. The Bertz CT molecular complexity index is 982. The number of nitrogens with zero attached hydrogens (tertiary/aromatic N) is 1. The van der Waals surface area contributed by atoms with Gasteiger partial charge in [-0.25, -0.2) is 17.2 Å². The number of para-hydroxylation sites is 1. The largest absolute Gasteiger partial charge is 0.491 e. The fourth-order valence-corrected chi connectivity index (χ4v) is 3.94. The van der Waals surface area contributed by atoms with Gasteiger partial charge in [-0.05, 0) is 44.5 Å². The normalized spacial score (nSPS) is 13.4. The summed E-state index contributed by atoms with van der Waals surface area (Å²) < 4.78 is 57.6. The molecule has 2 atom stereocenters. The van der Waals surface area contributed by atoms with Gasteiger partial charge in [0.2, 0.25) is 15.9 Å². The minimum absolute atomic E-state index is 0.141. The van der Waals surface area contributed by atoms with E-state index in [9.17, 15) is 22.0 Å². The monoisotopic (exact) mass is 426 g/mol. The second kappa shape index (κ2) is 9.21. The number of halogens is 2. The summed E-state index contributed by atoms with van der Waals surface area (Å²) in [6, 6.07) is 8.47. The summed E-state index contributed by atoms with van der Waals surface area (Å²) in [6.45, 7) is 5.15. The number of ether oxygens (including phenoxy) is 1. The minimum atomic E-state index is -3.94. The number of aryl methyl sites for hydroxylation is 1. The highest BCUT2D eigenvalue weighted by molar-refractivity contribution is 7.92. The van der Waals surface area contributed by atoms with Gasteiger partial charge in [0, 0.05) is 6.07 Å². The SMILES string of the molecule is Cc1ccccc1OC[C@H](C)NC(=O)[C@@H](C)N(c1ccc(F)c(F)c1)S(C)(=O)=O. The number of carbonyl (C=O) groups excluding carboxylic acids is 1. The zero-order valence-electron chi connectivity index (χ0n) is 16.6. The van der Waals surface area contributed by atoms with E-state index in [1.807, 2.05) is 25.1 Å². The number of hydrogen-bond acceptors (Lipinski definition) is 4. The summed E-state index contributed by atoms with van der Waals surface area (Å²) in [4.78, 5) is 12.6. The van der Waals surface area contributed by atoms with Crippen molar-refractivity contribution in [1.29, 1.82) is 0 Å². The fraction of sp³-hybridized carbons (Fsp3) is 0.350. The van der Waals surface area contributed by atoms with Gasteiger partial charge in [0.05, 0.1) is 18.0 Å². The Kier molecular flexibility index (Phi) is 7.18. The van der Waals surface area contributed by atoms with Crippen molar-refractivity contribution in [2.75, 3.05) is 17.2 Å². The first-order valence-electron chi connectivity index (χ1n) is 8.94. The van der Waals surface area contributed by atoms with Crippen LogP contribution in [0.2, 0.25) is 0 Å². The van der Waals surface area contributed by atoms with E-state index in [0.717, 1.165) is 34.3 Å². The molecule has 6 nitrogen and oxygen atoms in total. The summed E-state index contributed by atoms with van der Waals surface area (Å²) in [6.07, 6.45) is 0.892. The van der Waals surface area contributed by atoms with Gasteiger partial charge in [0.1, 0.15) is 18.4 Å². The molecule has 0 heterocycles. The van der Waals surface area contributed by atoms with Crippen LogP contribution in [0, 0.1) is 18.6 Å². The minimum Gasteiger partial charge on any atom is -0.491 e. The molecule has 0 bridgehead atoms. The standard InChI is InChI=1S/C20H24F2N2O4S/c1-13-7-5-6-8-19(13)28-12-14(2)23-20(25)15(3)24(29(4,26)27)16-9-10-17(21)18(22)11-16/h5-11,14-15H,12H2,1-4H3,(H,23,25)/t14-,15+/m0/s1. The molecule has 0 fully saturated rings. The van der Waals surface area contributed by atoms with Gasteiger partial charge in [-0.3, -0.25) is 9.10 Å². The second-order valence-corrected chi connectivity index (χ2v) is 8.68. The molecule has 0 radical (unpaired) electrons. The summed E-state index contributed by atoms with van der Waals surface area (Å²) in [5.41, 5.74) is 0.804. The molecule has 29 heavy (non-hydrogen) atoms. The Morgan fingerprint density at radius 3 is 2.38 bits per heavy atom.